The van der Waals surface area contributed by atoms with Crippen LogP contribution in [0.1, 0.15) is 52.9 Å². The standard InChI is InChI=1S/C15H29F3N2/c1-11-13(19)7-6-12(14(11,2)3)10-20-9-5-4-8-15(16,17)18/h11-13,20H,4-10,19H2,1-3H3. The fourth-order valence-corrected chi connectivity index (χ4v) is 3.16. The normalized spacial score (nSPS) is 30.4. The topological polar surface area (TPSA) is 38.0 Å². The second-order valence-corrected chi connectivity index (χ2v) is 6.82. The van der Waals surface area contributed by atoms with E-state index in [2.05, 4.69) is 26.1 Å². The molecule has 3 unspecified atom stereocenters. The van der Waals surface area contributed by atoms with Crippen LogP contribution in [0.25, 0.3) is 0 Å². The van der Waals surface area contributed by atoms with Crippen LogP contribution in [0.4, 0.5) is 13.2 Å². The summed E-state index contributed by atoms with van der Waals surface area (Å²) in [6.45, 7) is 8.28. The van der Waals surface area contributed by atoms with Crippen LogP contribution in [-0.4, -0.2) is 25.3 Å². The third-order valence-electron chi connectivity index (χ3n) is 5.17. The maximum absolute atomic E-state index is 12.0. The first kappa shape index (κ1) is 17.8. The number of hydrogen-bond acceptors (Lipinski definition) is 2. The largest absolute Gasteiger partial charge is 0.389 e. The zero-order valence-corrected chi connectivity index (χ0v) is 12.9. The van der Waals surface area contributed by atoms with E-state index in [4.69, 9.17) is 5.73 Å². The zero-order chi connectivity index (χ0) is 15.4. The summed E-state index contributed by atoms with van der Waals surface area (Å²) in [6, 6.07) is 0.271. The first-order valence-corrected chi connectivity index (χ1v) is 7.67. The lowest BCUT2D eigenvalue weighted by atomic mass is 9.61. The monoisotopic (exact) mass is 294 g/mol. The van der Waals surface area contributed by atoms with E-state index in [1.807, 2.05) is 0 Å². The van der Waals surface area contributed by atoms with Crippen molar-refractivity contribution in [3.05, 3.63) is 0 Å². The highest BCUT2D eigenvalue weighted by Gasteiger charge is 2.41. The molecule has 0 saturated heterocycles. The van der Waals surface area contributed by atoms with Crippen LogP contribution in [0.3, 0.4) is 0 Å². The number of unbranched alkanes of at least 4 members (excludes halogenated alkanes) is 1. The van der Waals surface area contributed by atoms with Gasteiger partial charge in [0.25, 0.3) is 0 Å². The summed E-state index contributed by atoms with van der Waals surface area (Å²) in [5, 5.41) is 3.32. The fourth-order valence-electron chi connectivity index (χ4n) is 3.16. The van der Waals surface area contributed by atoms with Crippen LogP contribution in [0, 0.1) is 17.3 Å². The molecule has 5 heteroatoms. The molecular formula is C15H29F3N2. The Bertz CT molecular complexity index is 289. The van der Waals surface area contributed by atoms with Crippen LogP contribution in [0.5, 0.6) is 0 Å². The third kappa shape index (κ3) is 5.24. The lowest BCUT2D eigenvalue weighted by Gasteiger charge is -2.47. The van der Waals surface area contributed by atoms with Crippen molar-refractivity contribution < 1.29 is 13.2 Å². The molecule has 3 atom stereocenters. The van der Waals surface area contributed by atoms with E-state index in [0.717, 1.165) is 19.4 Å². The Morgan fingerprint density at radius 1 is 1.20 bits per heavy atom. The van der Waals surface area contributed by atoms with E-state index < -0.39 is 12.6 Å². The molecule has 0 amide bonds. The summed E-state index contributed by atoms with van der Waals surface area (Å²) < 4.78 is 36.0. The van der Waals surface area contributed by atoms with E-state index in [0.29, 0.717) is 24.8 Å². The molecule has 0 aromatic heterocycles. The lowest BCUT2D eigenvalue weighted by Crippen LogP contribution is -2.49. The van der Waals surface area contributed by atoms with E-state index in [9.17, 15) is 13.2 Å². The van der Waals surface area contributed by atoms with Crippen molar-refractivity contribution in [3.8, 4) is 0 Å². The minimum atomic E-state index is -4.02. The van der Waals surface area contributed by atoms with Crippen molar-refractivity contribution in [2.75, 3.05) is 13.1 Å². The molecular weight excluding hydrogens is 265 g/mol. The van der Waals surface area contributed by atoms with Crippen molar-refractivity contribution in [1.82, 2.24) is 5.32 Å². The van der Waals surface area contributed by atoms with E-state index in [1.54, 1.807) is 0 Å². The number of rotatable bonds is 6. The first-order chi connectivity index (χ1) is 9.14. The molecule has 0 aromatic rings. The molecule has 3 N–H and O–H groups in total. The van der Waals surface area contributed by atoms with Gasteiger partial charge in [0, 0.05) is 12.5 Å². The van der Waals surface area contributed by atoms with Gasteiger partial charge in [0.2, 0.25) is 0 Å². The summed E-state index contributed by atoms with van der Waals surface area (Å²) in [5.74, 6) is 1.04. The molecule has 0 aromatic carbocycles. The maximum Gasteiger partial charge on any atom is 0.389 e. The predicted octanol–water partition coefficient (Wildman–Crippen LogP) is 3.71. The van der Waals surface area contributed by atoms with E-state index in [-0.39, 0.29) is 17.9 Å². The lowest BCUT2D eigenvalue weighted by molar-refractivity contribution is -0.135. The molecule has 0 aliphatic heterocycles. The number of nitrogens with two attached hydrogens (primary N) is 1. The van der Waals surface area contributed by atoms with Crippen molar-refractivity contribution in [3.63, 3.8) is 0 Å². The highest BCUT2D eigenvalue weighted by atomic mass is 19.4. The van der Waals surface area contributed by atoms with Gasteiger partial charge in [-0.3, -0.25) is 0 Å². The quantitative estimate of drug-likeness (QED) is 0.733. The van der Waals surface area contributed by atoms with Crippen LogP contribution in [0.2, 0.25) is 0 Å². The Morgan fingerprint density at radius 3 is 2.45 bits per heavy atom. The highest BCUT2D eigenvalue weighted by molar-refractivity contribution is 4.94. The zero-order valence-electron chi connectivity index (χ0n) is 12.9. The van der Waals surface area contributed by atoms with Crippen molar-refractivity contribution in [2.24, 2.45) is 23.0 Å². The number of halogens is 3. The molecule has 0 heterocycles. The first-order valence-electron chi connectivity index (χ1n) is 7.67. The van der Waals surface area contributed by atoms with Crippen LogP contribution in [-0.2, 0) is 0 Å². The molecule has 0 spiro atoms. The molecule has 1 aliphatic carbocycles. The Balaban J connectivity index is 2.22. The van der Waals surface area contributed by atoms with Gasteiger partial charge in [-0.05, 0) is 56.0 Å². The average Bonchev–Trinajstić information content (AvgIpc) is 2.32. The maximum atomic E-state index is 12.0. The van der Waals surface area contributed by atoms with Gasteiger partial charge >= 0.3 is 6.18 Å². The van der Waals surface area contributed by atoms with Crippen molar-refractivity contribution >= 4 is 0 Å². The van der Waals surface area contributed by atoms with E-state index in [1.165, 1.54) is 0 Å². The van der Waals surface area contributed by atoms with Crippen molar-refractivity contribution in [1.29, 1.82) is 0 Å². The average molecular weight is 294 g/mol. The Kier molecular flexibility index (Phi) is 6.32. The summed E-state index contributed by atoms with van der Waals surface area (Å²) in [4.78, 5) is 0. The summed E-state index contributed by atoms with van der Waals surface area (Å²) >= 11 is 0. The van der Waals surface area contributed by atoms with Crippen LogP contribution in [0.15, 0.2) is 0 Å². The molecule has 1 rings (SSSR count). The second kappa shape index (κ2) is 7.12. The Morgan fingerprint density at radius 2 is 1.85 bits per heavy atom. The number of hydrogen-bond donors (Lipinski definition) is 2. The van der Waals surface area contributed by atoms with Gasteiger partial charge in [0.15, 0.2) is 0 Å². The van der Waals surface area contributed by atoms with Crippen LogP contribution >= 0.6 is 0 Å². The molecule has 120 valence electrons. The fraction of sp³-hybridized carbons (Fsp3) is 1.00. The van der Waals surface area contributed by atoms with E-state index >= 15 is 0 Å². The van der Waals surface area contributed by atoms with Gasteiger partial charge < -0.3 is 11.1 Å². The minimum absolute atomic E-state index is 0.191. The summed E-state index contributed by atoms with van der Waals surface area (Å²) in [5.41, 5.74) is 6.32. The van der Waals surface area contributed by atoms with Gasteiger partial charge in [-0.2, -0.15) is 13.2 Å². The third-order valence-corrected chi connectivity index (χ3v) is 5.17. The highest BCUT2D eigenvalue weighted by Crippen LogP contribution is 2.43. The second-order valence-electron chi connectivity index (χ2n) is 6.82. The van der Waals surface area contributed by atoms with Gasteiger partial charge in [-0.15, -0.1) is 0 Å². The SMILES string of the molecule is CC1C(N)CCC(CNCCCCC(F)(F)F)C1(C)C. The van der Waals surface area contributed by atoms with Crippen molar-refractivity contribution in [2.45, 2.75) is 65.1 Å². The molecule has 2 nitrogen and oxygen atoms in total. The van der Waals surface area contributed by atoms with Gasteiger partial charge in [-0.25, -0.2) is 0 Å². The minimum Gasteiger partial charge on any atom is -0.327 e. The Hall–Kier alpha value is -0.290. The van der Waals surface area contributed by atoms with Crippen LogP contribution < -0.4 is 11.1 Å². The Labute approximate surface area is 120 Å². The molecule has 1 fully saturated rings. The molecule has 1 saturated carbocycles. The summed E-state index contributed by atoms with van der Waals surface area (Å²) in [7, 11) is 0. The van der Waals surface area contributed by atoms with Gasteiger partial charge in [0.05, 0.1) is 0 Å². The number of nitrogens with one attached hydrogen (secondary N) is 1. The molecule has 0 bridgehead atoms. The number of alkyl halides is 3. The smallest absolute Gasteiger partial charge is 0.327 e. The summed E-state index contributed by atoms with van der Waals surface area (Å²) in [6.07, 6.45) is -1.74. The van der Waals surface area contributed by atoms with Gasteiger partial charge in [-0.1, -0.05) is 20.8 Å². The molecule has 1 aliphatic rings. The molecule has 20 heavy (non-hydrogen) atoms. The predicted molar refractivity (Wildman–Crippen MR) is 76.4 cm³/mol. The molecule has 0 radical (unpaired) electrons. The van der Waals surface area contributed by atoms with Gasteiger partial charge in [0.1, 0.15) is 0 Å².